The number of anilines is 1. The van der Waals surface area contributed by atoms with Gasteiger partial charge in [0.15, 0.2) is 15.0 Å². The summed E-state index contributed by atoms with van der Waals surface area (Å²) in [4.78, 5) is 20.0. The van der Waals surface area contributed by atoms with Gasteiger partial charge in [-0.05, 0) is 55.3 Å². The van der Waals surface area contributed by atoms with Gasteiger partial charge in [-0.25, -0.2) is 13.4 Å². The first-order valence-corrected chi connectivity index (χ1v) is 13.2. The molecule has 3 aromatic carbocycles. The van der Waals surface area contributed by atoms with Gasteiger partial charge in [-0.1, -0.05) is 65.4 Å². The van der Waals surface area contributed by atoms with Gasteiger partial charge >= 0.3 is 0 Å². The van der Waals surface area contributed by atoms with E-state index >= 15 is 0 Å². The first-order chi connectivity index (χ1) is 15.7. The van der Waals surface area contributed by atoms with Crippen molar-refractivity contribution in [2.75, 3.05) is 4.90 Å². The molecule has 1 heterocycles. The Morgan fingerprint density at radius 3 is 2.36 bits per heavy atom. The Hall–Kier alpha value is -2.74. The molecule has 0 saturated carbocycles. The smallest absolute Gasteiger partial charge is 0.233 e. The van der Waals surface area contributed by atoms with E-state index in [2.05, 4.69) is 4.98 Å². The van der Waals surface area contributed by atoms with Crippen molar-refractivity contribution in [2.45, 2.75) is 37.0 Å². The minimum Gasteiger partial charge on any atom is -0.283 e. The molecule has 1 amide bonds. The van der Waals surface area contributed by atoms with Gasteiger partial charge in [0.25, 0.3) is 0 Å². The second-order valence-electron chi connectivity index (χ2n) is 7.99. The second-order valence-corrected chi connectivity index (χ2v) is 11.9. The van der Waals surface area contributed by atoms with E-state index in [0.717, 1.165) is 21.3 Å². The van der Waals surface area contributed by atoms with Crippen LogP contribution in [0.3, 0.4) is 0 Å². The van der Waals surface area contributed by atoms with Crippen LogP contribution in [0.4, 0.5) is 5.13 Å². The van der Waals surface area contributed by atoms with Crippen LogP contribution in [0.5, 0.6) is 0 Å². The van der Waals surface area contributed by atoms with Crippen molar-refractivity contribution in [3.8, 4) is 0 Å². The van der Waals surface area contributed by atoms with Crippen molar-refractivity contribution >= 4 is 54.0 Å². The molecule has 0 fully saturated rings. The molecule has 5 nitrogen and oxygen atoms in total. The lowest BCUT2D eigenvalue weighted by Gasteiger charge is -2.20. The predicted molar refractivity (Wildman–Crippen MR) is 135 cm³/mol. The van der Waals surface area contributed by atoms with Crippen LogP contribution in [0.2, 0.25) is 5.02 Å². The molecular weight excluding hydrogens is 476 g/mol. The van der Waals surface area contributed by atoms with Gasteiger partial charge < -0.3 is 0 Å². The van der Waals surface area contributed by atoms with E-state index in [-0.39, 0.29) is 17.2 Å². The molecule has 0 saturated heterocycles. The van der Waals surface area contributed by atoms with Gasteiger partial charge in [0.1, 0.15) is 0 Å². The summed E-state index contributed by atoms with van der Waals surface area (Å²) >= 11 is 7.54. The molecule has 4 rings (SSSR count). The Balaban J connectivity index is 1.63. The maximum atomic E-state index is 13.4. The summed E-state index contributed by atoms with van der Waals surface area (Å²) < 4.78 is 25.7. The van der Waals surface area contributed by atoms with Crippen LogP contribution < -0.4 is 4.90 Å². The molecule has 0 unspecified atom stereocenters. The van der Waals surface area contributed by atoms with Gasteiger partial charge in [0, 0.05) is 5.02 Å². The monoisotopic (exact) mass is 498 g/mol. The number of hydrogen-bond donors (Lipinski definition) is 0. The van der Waals surface area contributed by atoms with Gasteiger partial charge in [-0.15, -0.1) is 0 Å². The molecule has 1 aromatic heterocycles. The molecule has 4 aromatic rings. The number of thiazole rings is 1. The van der Waals surface area contributed by atoms with Crippen LogP contribution >= 0.6 is 22.9 Å². The molecule has 0 aliphatic carbocycles. The fraction of sp³-hybridized carbons (Fsp3) is 0.200. The Labute approximate surface area is 202 Å². The van der Waals surface area contributed by atoms with Crippen LogP contribution in [0.25, 0.3) is 10.2 Å². The number of sulfone groups is 1. The number of carbonyl (C=O) groups is 1. The Kier molecular flexibility index (Phi) is 6.83. The lowest BCUT2D eigenvalue weighted by molar-refractivity contribution is -0.118. The van der Waals surface area contributed by atoms with Gasteiger partial charge in [-0.3, -0.25) is 9.69 Å². The average molecular weight is 499 g/mol. The number of rotatable bonds is 7. The van der Waals surface area contributed by atoms with Crippen molar-refractivity contribution in [2.24, 2.45) is 0 Å². The SMILES string of the molecule is CC(C)S(=O)(=O)c1ccc(CC(=O)N(Cc2ccccc2)c2nc3ccc(Cl)cc3s2)cc1. The summed E-state index contributed by atoms with van der Waals surface area (Å²) in [7, 11) is -3.35. The molecule has 0 N–H and O–H groups in total. The highest BCUT2D eigenvalue weighted by Gasteiger charge is 2.22. The highest BCUT2D eigenvalue weighted by molar-refractivity contribution is 7.92. The quantitative estimate of drug-likeness (QED) is 0.318. The number of amides is 1. The van der Waals surface area contributed by atoms with E-state index < -0.39 is 15.1 Å². The standard InChI is InChI=1S/C25H23ClN2O3S2/c1-17(2)33(30,31)21-11-8-18(9-12-21)14-24(29)28(16-19-6-4-3-5-7-19)25-27-22-13-10-20(26)15-23(22)32-25/h3-13,15,17H,14,16H2,1-2H3. The molecule has 170 valence electrons. The number of aromatic nitrogens is 1. The lowest BCUT2D eigenvalue weighted by Crippen LogP contribution is -2.31. The van der Waals surface area contributed by atoms with Crippen molar-refractivity contribution in [3.63, 3.8) is 0 Å². The predicted octanol–water partition coefficient (Wildman–Crippen LogP) is 5.91. The van der Waals surface area contributed by atoms with Crippen LogP contribution in [-0.4, -0.2) is 24.6 Å². The Morgan fingerprint density at radius 2 is 1.70 bits per heavy atom. The van der Waals surface area contributed by atoms with E-state index in [1.807, 2.05) is 42.5 Å². The number of hydrogen-bond acceptors (Lipinski definition) is 5. The summed E-state index contributed by atoms with van der Waals surface area (Å²) in [5.74, 6) is -0.122. The molecule has 0 aliphatic heterocycles. The second kappa shape index (κ2) is 9.63. The minimum absolute atomic E-state index is 0.122. The van der Waals surface area contributed by atoms with Gasteiger partial charge in [0.05, 0.1) is 33.3 Å². The zero-order valence-corrected chi connectivity index (χ0v) is 20.6. The summed E-state index contributed by atoms with van der Waals surface area (Å²) in [6.45, 7) is 3.69. The Morgan fingerprint density at radius 1 is 1.00 bits per heavy atom. The van der Waals surface area contributed by atoms with Crippen molar-refractivity contribution in [1.29, 1.82) is 0 Å². The molecule has 0 bridgehead atoms. The molecular formula is C25H23ClN2O3S2. The molecule has 0 atom stereocenters. The summed E-state index contributed by atoms with van der Waals surface area (Å²) in [6.07, 6.45) is 0.130. The highest BCUT2D eigenvalue weighted by atomic mass is 35.5. The fourth-order valence-corrected chi connectivity index (χ4v) is 5.69. The first-order valence-electron chi connectivity index (χ1n) is 10.5. The zero-order valence-electron chi connectivity index (χ0n) is 18.2. The summed E-state index contributed by atoms with van der Waals surface area (Å²) in [6, 6.07) is 21.7. The number of nitrogens with zero attached hydrogens (tertiary/aromatic N) is 2. The zero-order chi connectivity index (χ0) is 23.6. The number of carbonyl (C=O) groups excluding carboxylic acids is 1. The maximum Gasteiger partial charge on any atom is 0.233 e. The van der Waals surface area contributed by atoms with Crippen LogP contribution in [0, 0.1) is 0 Å². The van der Waals surface area contributed by atoms with Crippen molar-refractivity contribution < 1.29 is 13.2 Å². The lowest BCUT2D eigenvalue weighted by atomic mass is 10.1. The maximum absolute atomic E-state index is 13.4. The topological polar surface area (TPSA) is 67.3 Å². The number of benzene rings is 3. The molecule has 0 radical (unpaired) electrons. The van der Waals surface area contributed by atoms with Gasteiger partial charge in [0.2, 0.25) is 5.91 Å². The summed E-state index contributed by atoms with van der Waals surface area (Å²) in [5, 5.41) is 0.717. The Bertz CT molecular complexity index is 1380. The van der Waals surface area contributed by atoms with E-state index in [9.17, 15) is 13.2 Å². The van der Waals surface area contributed by atoms with E-state index in [0.29, 0.717) is 16.7 Å². The molecule has 0 aliphatic rings. The average Bonchev–Trinajstić information content (AvgIpc) is 3.21. The third-order valence-corrected chi connectivity index (χ3v) is 8.73. The third kappa shape index (κ3) is 5.27. The minimum atomic E-state index is -3.35. The fourth-order valence-electron chi connectivity index (χ4n) is 3.37. The van der Waals surface area contributed by atoms with Crippen molar-refractivity contribution in [1.82, 2.24) is 4.98 Å². The summed E-state index contributed by atoms with van der Waals surface area (Å²) in [5.41, 5.74) is 2.51. The van der Waals surface area contributed by atoms with E-state index in [4.69, 9.17) is 11.6 Å². The van der Waals surface area contributed by atoms with E-state index in [1.165, 1.54) is 11.3 Å². The number of halogens is 1. The number of fused-ring (bicyclic) bond motifs is 1. The molecule has 33 heavy (non-hydrogen) atoms. The largest absolute Gasteiger partial charge is 0.283 e. The van der Waals surface area contributed by atoms with Gasteiger partial charge in [-0.2, -0.15) is 0 Å². The first kappa shape index (κ1) is 23.4. The normalized spacial score (nSPS) is 11.8. The van der Waals surface area contributed by atoms with Crippen LogP contribution in [-0.2, 0) is 27.6 Å². The molecule has 8 heteroatoms. The molecule has 0 spiro atoms. The van der Waals surface area contributed by atoms with Crippen LogP contribution in [0.1, 0.15) is 25.0 Å². The van der Waals surface area contributed by atoms with Crippen LogP contribution in [0.15, 0.2) is 77.7 Å². The highest BCUT2D eigenvalue weighted by Crippen LogP contribution is 2.32. The van der Waals surface area contributed by atoms with E-state index in [1.54, 1.807) is 49.1 Å². The third-order valence-electron chi connectivity index (χ3n) is 5.28. The van der Waals surface area contributed by atoms with Crippen molar-refractivity contribution in [3.05, 3.63) is 88.9 Å².